The number of benzene rings is 1. The Morgan fingerprint density at radius 1 is 1.21 bits per heavy atom. The van der Waals surface area contributed by atoms with Crippen molar-refractivity contribution in [1.29, 1.82) is 0 Å². The second-order valence-corrected chi connectivity index (χ2v) is 7.07. The van der Waals surface area contributed by atoms with Gasteiger partial charge in [-0.05, 0) is 0 Å². The number of anilines is 2. The van der Waals surface area contributed by atoms with Gasteiger partial charge in [0.15, 0.2) is 0 Å². The molecule has 0 atom stereocenters. The Morgan fingerprint density at radius 2 is 1.89 bits per heavy atom. The van der Waals surface area contributed by atoms with E-state index in [4.69, 9.17) is 37.8 Å². The number of hydrogen-bond acceptors (Lipinski definition) is 8. The van der Waals surface area contributed by atoms with Crippen molar-refractivity contribution in [2.45, 2.75) is 0 Å². The highest BCUT2D eigenvalue weighted by Crippen LogP contribution is 2.44. The zero-order chi connectivity index (χ0) is 20.3. The number of aromatic nitrogens is 2. The molecule has 0 aliphatic carbocycles. The summed E-state index contributed by atoms with van der Waals surface area (Å²) in [7, 11) is 2.90. The van der Waals surface area contributed by atoms with Gasteiger partial charge in [-0.3, -0.25) is 4.79 Å². The van der Waals surface area contributed by atoms with Crippen LogP contribution in [0, 0.1) is 0 Å². The number of aliphatic hydroxyl groups is 1. The van der Waals surface area contributed by atoms with Gasteiger partial charge >= 0.3 is 0 Å². The van der Waals surface area contributed by atoms with Gasteiger partial charge in [0.25, 0.3) is 5.91 Å². The Morgan fingerprint density at radius 3 is 2.50 bits per heavy atom. The van der Waals surface area contributed by atoms with E-state index in [1.54, 1.807) is 5.38 Å². The molecule has 0 radical (unpaired) electrons. The van der Waals surface area contributed by atoms with Crippen LogP contribution in [-0.2, 0) is 0 Å². The molecule has 1 aromatic carbocycles. The highest BCUT2D eigenvalue weighted by Gasteiger charge is 2.22. The van der Waals surface area contributed by atoms with Gasteiger partial charge in [0.2, 0.25) is 0 Å². The summed E-state index contributed by atoms with van der Waals surface area (Å²) >= 11 is 13.9. The second kappa shape index (κ2) is 8.78. The first-order chi connectivity index (χ1) is 13.5. The van der Waals surface area contributed by atoms with Crippen LogP contribution in [0.1, 0.15) is 10.4 Å². The number of nitrogens with zero attached hydrogens (tertiary/aromatic N) is 2. The van der Waals surface area contributed by atoms with Gasteiger partial charge in [-0.1, -0.05) is 23.2 Å². The lowest BCUT2D eigenvalue weighted by molar-refractivity contribution is 0.102. The molecule has 0 spiro atoms. The van der Waals surface area contributed by atoms with E-state index in [0.717, 1.165) is 0 Å². The zero-order valence-corrected chi connectivity index (χ0v) is 17.2. The van der Waals surface area contributed by atoms with Crippen molar-refractivity contribution in [1.82, 2.24) is 9.97 Å². The summed E-state index contributed by atoms with van der Waals surface area (Å²) in [5.74, 6) is 0.719. The normalized spacial score (nSPS) is 10.8. The summed E-state index contributed by atoms with van der Waals surface area (Å²) in [5.41, 5.74) is 0.986. The Hall–Kier alpha value is -2.33. The molecular formula is C17H16Cl2N4O4S. The average Bonchev–Trinajstić information content (AvgIpc) is 3.14. The van der Waals surface area contributed by atoms with Crippen LogP contribution in [0.3, 0.4) is 0 Å². The van der Waals surface area contributed by atoms with Gasteiger partial charge in [0, 0.05) is 18.0 Å². The van der Waals surface area contributed by atoms with Crippen LogP contribution in [-0.4, -0.2) is 48.4 Å². The van der Waals surface area contributed by atoms with E-state index in [9.17, 15) is 4.79 Å². The number of rotatable bonds is 7. The minimum atomic E-state index is -0.447. The fourth-order valence-corrected chi connectivity index (χ4v) is 4.05. The molecular weight excluding hydrogens is 427 g/mol. The maximum atomic E-state index is 12.9. The van der Waals surface area contributed by atoms with Gasteiger partial charge in [-0.15, -0.1) is 11.3 Å². The second-order valence-electron chi connectivity index (χ2n) is 5.44. The highest BCUT2D eigenvalue weighted by molar-refractivity contribution is 7.18. The van der Waals surface area contributed by atoms with E-state index < -0.39 is 5.91 Å². The summed E-state index contributed by atoms with van der Waals surface area (Å²) < 4.78 is 11.1. The minimum Gasteiger partial charge on any atom is -0.495 e. The molecule has 11 heteroatoms. The lowest BCUT2D eigenvalue weighted by Crippen LogP contribution is -2.13. The molecule has 3 N–H and O–H groups in total. The molecule has 1 amide bonds. The first-order valence-corrected chi connectivity index (χ1v) is 9.63. The average molecular weight is 443 g/mol. The number of hydrogen-bond donors (Lipinski definition) is 3. The van der Waals surface area contributed by atoms with Gasteiger partial charge in [-0.2, -0.15) is 0 Å². The van der Waals surface area contributed by atoms with E-state index in [2.05, 4.69) is 20.6 Å². The summed E-state index contributed by atoms with van der Waals surface area (Å²) in [6.45, 7) is 0.291. The molecule has 0 unspecified atom stereocenters. The number of nitrogens with one attached hydrogen (secondary N) is 2. The standard InChI is InChI=1S/C17H16Cl2N4O4S/c1-26-9-5-10(27-2)12(19)14(11(9)18)23-17(25)8-6-28-15-13(8)21-7-22-16(15)20-3-4-24/h5-7,24H,3-4H2,1-2H3,(H,23,25)(H,20,21,22). The van der Waals surface area contributed by atoms with Crippen LogP contribution in [0.25, 0.3) is 10.2 Å². The summed E-state index contributed by atoms with van der Waals surface area (Å²) in [6.07, 6.45) is 1.35. The predicted octanol–water partition coefficient (Wildman–Crippen LogP) is 3.67. The van der Waals surface area contributed by atoms with E-state index >= 15 is 0 Å². The van der Waals surface area contributed by atoms with Gasteiger partial charge in [-0.25, -0.2) is 9.97 Å². The highest BCUT2D eigenvalue weighted by atomic mass is 35.5. The Labute approximate surface area is 174 Å². The van der Waals surface area contributed by atoms with Crippen molar-refractivity contribution < 1.29 is 19.4 Å². The Kier molecular flexibility index (Phi) is 6.40. The Bertz CT molecular complexity index is 1000. The number of thiophene rings is 1. The maximum absolute atomic E-state index is 12.9. The predicted molar refractivity (Wildman–Crippen MR) is 111 cm³/mol. The molecule has 0 fully saturated rings. The lowest BCUT2D eigenvalue weighted by atomic mass is 10.2. The smallest absolute Gasteiger partial charge is 0.258 e. The van der Waals surface area contributed by atoms with Crippen LogP contribution in [0.15, 0.2) is 17.8 Å². The number of amides is 1. The fourth-order valence-electron chi connectivity index (χ4n) is 2.49. The maximum Gasteiger partial charge on any atom is 0.258 e. The third kappa shape index (κ3) is 3.79. The summed E-state index contributed by atoms with van der Waals surface area (Å²) in [4.78, 5) is 21.2. The monoisotopic (exact) mass is 442 g/mol. The quantitative estimate of drug-likeness (QED) is 0.512. The number of fused-ring (bicyclic) bond motifs is 1. The van der Waals surface area contributed by atoms with Crippen molar-refractivity contribution in [3.63, 3.8) is 0 Å². The molecule has 0 bridgehead atoms. The topological polar surface area (TPSA) is 106 Å². The van der Waals surface area contributed by atoms with Crippen molar-refractivity contribution in [2.75, 3.05) is 38.0 Å². The molecule has 0 aliphatic rings. The molecule has 0 saturated carbocycles. The number of carbonyl (C=O) groups is 1. The molecule has 28 heavy (non-hydrogen) atoms. The third-order valence-corrected chi connectivity index (χ3v) is 5.54. The number of methoxy groups -OCH3 is 2. The lowest BCUT2D eigenvalue weighted by Gasteiger charge is -2.15. The van der Waals surface area contributed by atoms with Crippen LogP contribution in [0.5, 0.6) is 11.5 Å². The molecule has 8 nitrogen and oxygen atoms in total. The van der Waals surface area contributed by atoms with Crippen molar-refractivity contribution in [2.24, 2.45) is 0 Å². The van der Waals surface area contributed by atoms with E-state index in [1.807, 2.05) is 0 Å². The number of ether oxygens (including phenoxy) is 2. The van der Waals surface area contributed by atoms with Crippen molar-refractivity contribution in [3.8, 4) is 11.5 Å². The van der Waals surface area contributed by atoms with Gasteiger partial charge < -0.3 is 25.2 Å². The molecule has 0 aliphatic heterocycles. The largest absolute Gasteiger partial charge is 0.495 e. The number of carbonyl (C=O) groups excluding carboxylic acids is 1. The summed E-state index contributed by atoms with van der Waals surface area (Å²) in [6, 6.07) is 1.53. The van der Waals surface area contributed by atoms with Gasteiger partial charge in [0.05, 0.1) is 42.3 Å². The molecule has 0 saturated heterocycles. The van der Waals surface area contributed by atoms with Crippen LogP contribution >= 0.6 is 34.5 Å². The molecule has 3 aromatic rings. The fraction of sp³-hybridized carbons (Fsp3) is 0.235. The van der Waals surface area contributed by atoms with Crippen molar-refractivity contribution >= 4 is 62.2 Å². The van der Waals surface area contributed by atoms with E-state index in [-0.39, 0.29) is 22.3 Å². The third-order valence-electron chi connectivity index (χ3n) is 3.81. The van der Waals surface area contributed by atoms with Crippen molar-refractivity contribution in [3.05, 3.63) is 33.4 Å². The van der Waals surface area contributed by atoms with Crippen LogP contribution < -0.4 is 20.1 Å². The van der Waals surface area contributed by atoms with Crippen LogP contribution in [0.4, 0.5) is 11.5 Å². The van der Waals surface area contributed by atoms with E-state index in [1.165, 1.54) is 38.0 Å². The SMILES string of the molecule is COc1cc(OC)c(Cl)c(NC(=O)c2csc3c(NCCO)ncnc23)c1Cl. The minimum absolute atomic E-state index is 0.0428. The molecule has 148 valence electrons. The molecule has 2 heterocycles. The first-order valence-electron chi connectivity index (χ1n) is 8.00. The van der Waals surface area contributed by atoms with E-state index in [0.29, 0.717) is 39.6 Å². The molecule has 3 rings (SSSR count). The number of halogens is 2. The summed E-state index contributed by atoms with van der Waals surface area (Å²) in [5, 5.41) is 16.7. The molecule has 2 aromatic heterocycles. The van der Waals surface area contributed by atoms with Gasteiger partial charge in [0.1, 0.15) is 33.7 Å². The first kappa shape index (κ1) is 20.4. The van der Waals surface area contributed by atoms with Crippen LogP contribution in [0.2, 0.25) is 10.0 Å². The zero-order valence-electron chi connectivity index (χ0n) is 14.9. The number of aliphatic hydroxyl groups excluding tert-OH is 1. The Balaban J connectivity index is 1.98.